The first kappa shape index (κ1) is 25.8. The third-order valence-electron chi connectivity index (χ3n) is 3.79. The molecule has 0 saturated heterocycles. The number of carbonyl (C=O) groups is 3. The van der Waals surface area contributed by atoms with Crippen molar-refractivity contribution < 1.29 is 41.6 Å². The summed E-state index contributed by atoms with van der Waals surface area (Å²) >= 11 is 0. The van der Waals surface area contributed by atoms with Crippen LogP contribution < -0.4 is 0 Å². The smallest absolute Gasteiger partial charge is 0.333 e. The van der Waals surface area contributed by atoms with Crippen LogP contribution >= 0.6 is 0 Å². The highest BCUT2D eigenvalue weighted by Crippen LogP contribution is 2.29. The van der Waals surface area contributed by atoms with Gasteiger partial charge in [-0.1, -0.05) is 20.1 Å². The fourth-order valence-electron chi connectivity index (χ4n) is 1.94. The Bertz CT molecular complexity index is 677. The Balaban J connectivity index is 5.03. The molecule has 160 valence electrons. The minimum atomic E-state index is -4.14. The maximum Gasteiger partial charge on any atom is 0.333 e. The van der Waals surface area contributed by atoms with Crippen molar-refractivity contribution in [2.75, 3.05) is 25.6 Å². The first-order valence-corrected chi connectivity index (χ1v) is 10.2. The van der Waals surface area contributed by atoms with Crippen LogP contribution in [0.2, 0.25) is 0 Å². The average Bonchev–Trinajstić information content (AvgIpc) is 2.59. The first-order chi connectivity index (χ1) is 12.8. The quantitative estimate of drug-likeness (QED) is 0.156. The molecule has 0 aliphatic carbocycles. The van der Waals surface area contributed by atoms with Crippen molar-refractivity contribution in [1.29, 1.82) is 0 Å². The van der Waals surface area contributed by atoms with Crippen molar-refractivity contribution in [2.45, 2.75) is 40.0 Å². The van der Waals surface area contributed by atoms with E-state index >= 15 is 0 Å². The molecule has 0 radical (unpaired) electrons. The monoisotopic (exact) mass is 420 g/mol. The summed E-state index contributed by atoms with van der Waals surface area (Å²) in [6.07, 6.45) is 0.0152. The lowest BCUT2D eigenvalue weighted by atomic mass is 9.83. The van der Waals surface area contributed by atoms with Gasteiger partial charge in [-0.2, -0.15) is 8.42 Å². The standard InChI is InChI=1S/C18H28O9S/c1-6-18(11-26-16(20)13(2)3,12-27-17(21)14(4)5)10-15(19)25-8-7-9-28(22,23)24/h2,4,6-12H2,1,3,5H3,(H,22,23,24). The Morgan fingerprint density at radius 3 is 1.79 bits per heavy atom. The zero-order valence-electron chi connectivity index (χ0n) is 16.5. The summed E-state index contributed by atoms with van der Waals surface area (Å²) < 4.78 is 45.3. The molecule has 28 heavy (non-hydrogen) atoms. The predicted octanol–water partition coefficient (Wildman–Crippen LogP) is 1.83. The van der Waals surface area contributed by atoms with Gasteiger partial charge < -0.3 is 14.2 Å². The molecule has 0 aromatic carbocycles. The summed E-state index contributed by atoms with van der Waals surface area (Å²) in [7, 11) is -4.14. The Kier molecular flexibility index (Phi) is 10.7. The van der Waals surface area contributed by atoms with Gasteiger partial charge in [0.25, 0.3) is 10.1 Å². The topological polar surface area (TPSA) is 133 Å². The van der Waals surface area contributed by atoms with Gasteiger partial charge in [-0.3, -0.25) is 9.35 Å². The molecule has 0 unspecified atom stereocenters. The summed E-state index contributed by atoms with van der Waals surface area (Å²) in [5.74, 6) is -2.52. The molecule has 0 aliphatic rings. The Morgan fingerprint density at radius 2 is 1.43 bits per heavy atom. The van der Waals surface area contributed by atoms with E-state index in [9.17, 15) is 22.8 Å². The number of rotatable bonds is 13. The number of ether oxygens (including phenoxy) is 3. The fraction of sp³-hybridized carbons (Fsp3) is 0.611. The molecule has 0 aromatic rings. The van der Waals surface area contributed by atoms with E-state index in [1.165, 1.54) is 13.8 Å². The third-order valence-corrected chi connectivity index (χ3v) is 4.60. The predicted molar refractivity (Wildman–Crippen MR) is 101 cm³/mol. The van der Waals surface area contributed by atoms with Crippen molar-refractivity contribution in [2.24, 2.45) is 5.41 Å². The molecule has 0 bridgehead atoms. The lowest BCUT2D eigenvalue weighted by molar-refractivity contribution is -0.158. The van der Waals surface area contributed by atoms with Gasteiger partial charge in [-0.15, -0.1) is 0 Å². The van der Waals surface area contributed by atoms with Gasteiger partial charge in [0.15, 0.2) is 0 Å². The van der Waals surface area contributed by atoms with Crippen LogP contribution in [0.4, 0.5) is 0 Å². The van der Waals surface area contributed by atoms with E-state index in [1.807, 2.05) is 0 Å². The molecular formula is C18H28O9S. The molecule has 0 atom stereocenters. The highest BCUT2D eigenvalue weighted by Gasteiger charge is 2.35. The Morgan fingerprint density at radius 1 is 0.964 bits per heavy atom. The zero-order valence-corrected chi connectivity index (χ0v) is 17.3. The molecule has 0 saturated carbocycles. The van der Waals surface area contributed by atoms with E-state index in [-0.39, 0.29) is 43.8 Å². The van der Waals surface area contributed by atoms with Crippen molar-refractivity contribution >= 4 is 28.0 Å². The first-order valence-electron chi connectivity index (χ1n) is 8.58. The molecule has 0 aromatic heterocycles. The number of carbonyl (C=O) groups excluding carboxylic acids is 3. The van der Waals surface area contributed by atoms with E-state index in [2.05, 4.69) is 13.2 Å². The van der Waals surface area contributed by atoms with Crippen LogP contribution in [0, 0.1) is 5.41 Å². The fourth-order valence-corrected chi connectivity index (χ4v) is 2.42. The van der Waals surface area contributed by atoms with Crippen LogP contribution in [0.3, 0.4) is 0 Å². The molecule has 0 heterocycles. The molecule has 0 rings (SSSR count). The van der Waals surface area contributed by atoms with Crippen molar-refractivity contribution in [3.8, 4) is 0 Å². The van der Waals surface area contributed by atoms with E-state index in [0.717, 1.165) is 0 Å². The van der Waals surface area contributed by atoms with Gasteiger partial charge in [0.2, 0.25) is 0 Å². The highest BCUT2D eigenvalue weighted by molar-refractivity contribution is 7.85. The van der Waals surface area contributed by atoms with E-state index < -0.39 is 39.2 Å². The normalized spacial score (nSPS) is 11.4. The zero-order chi connectivity index (χ0) is 22.0. The van der Waals surface area contributed by atoms with Gasteiger partial charge >= 0.3 is 17.9 Å². The second-order valence-electron chi connectivity index (χ2n) is 6.60. The molecule has 1 N–H and O–H groups in total. The lowest BCUT2D eigenvalue weighted by Gasteiger charge is -2.30. The summed E-state index contributed by atoms with van der Waals surface area (Å²) in [6.45, 7) is 11.0. The summed E-state index contributed by atoms with van der Waals surface area (Å²) in [6, 6.07) is 0. The summed E-state index contributed by atoms with van der Waals surface area (Å²) in [5, 5.41) is 0. The van der Waals surface area contributed by atoms with Crippen LogP contribution in [0.1, 0.15) is 40.0 Å². The molecule has 9 nitrogen and oxygen atoms in total. The number of hydrogen-bond acceptors (Lipinski definition) is 8. The second kappa shape index (κ2) is 11.6. The Labute approximate surface area is 165 Å². The van der Waals surface area contributed by atoms with E-state index in [4.69, 9.17) is 18.8 Å². The molecule has 0 aliphatic heterocycles. The average molecular weight is 420 g/mol. The number of esters is 3. The van der Waals surface area contributed by atoms with Crippen molar-refractivity contribution in [3.05, 3.63) is 24.3 Å². The maximum atomic E-state index is 12.1. The van der Waals surface area contributed by atoms with Crippen LogP contribution in [-0.2, 0) is 38.7 Å². The van der Waals surface area contributed by atoms with Gasteiger partial charge in [-0.25, -0.2) is 9.59 Å². The van der Waals surface area contributed by atoms with Gasteiger partial charge in [0, 0.05) is 16.6 Å². The third kappa shape index (κ3) is 10.8. The maximum absolute atomic E-state index is 12.1. The van der Waals surface area contributed by atoms with Crippen LogP contribution in [-0.4, -0.2) is 56.5 Å². The molecule has 10 heteroatoms. The van der Waals surface area contributed by atoms with Gasteiger partial charge in [-0.05, 0) is 26.7 Å². The largest absolute Gasteiger partial charge is 0.466 e. The molecule has 0 amide bonds. The van der Waals surface area contributed by atoms with Crippen molar-refractivity contribution in [1.82, 2.24) is 0 Å². The highest BCUT2D eigenvalue weighted by atomic mass is 32.2. The second-order valence-corrected chi connectivity index (χ2v) is 8.18. The van der Waals surface area contributed by atoms with Gasteiger partial charge in [0.1, 0.15) is 13.2 Å². The summed E-state index contributed by atoms with van der Waals surface area (Å²) in [5.41, 5.74) is -0.676. The summed E-state index contributed by atoms with van der Waals surface area (Å²) in [4.78, 5) is 35.6. The van der Waals surface area contributed by atoms with Crippen LogP contribution in [0.5, 0.6) is 0 Å². The minimum absolute atomic E-state index is 0.0704. The minimum Gasteiger partial charge on any atom is -0.466 e. The number of hydrogen-bond donors (Lipinski definition) is 1. The molecule has 0 fully saturated rings. The SMILES string of the molecule is C=C(C)C(=O)OCC(CC)(COC(=O)C(=C)C)CC(=O)OCCCS(=O)(=O)O. The van der Waals surface area contributed by atoms with Crippen molar-refractivity contribution in [3.63, 3.8) is 0 Å². The van der Waals surface area contributed by atoms with Crippen LogP contribution in [0.15, 0.2) is 24.3 Å². The van der Waals surface area contributed by atoms with E-state index in [0.29, 0.717) is 6.42 Å². The van der Waals surface area contributed by atoms with Crippen LogP contribution in [0.25, 0.3) is 0 Å². The molecular weight excluding hydrogens is 392 g/mol. The van der Waals surface area contributed by atoms with E-state index in [1.54, 1.807) is 6.92 Å². The van der Waals surface area contributed by atoms with Gasteiger partial charge in [0.05, 0.1) is 18.8 Å². The Hall–Kier alpha value is -2.20. The lowest BCUT2D eigenvalue weighted by Crippen LogP contribution is -2.37. The molecule has 0 spiro atoms.